The summed E-state index contributed by atoms with van der Waals surface area (Å²) >= 11 is 0. The minimum Gasteiger partial charge on any atom is -0.287 e. The second-order valence-corrected chi connectivity index (χ2v) is 4.33. The van der Waals surface area contributed by atoms with Crippen LogP contribution in [0.4, 0.5) is 0 Å². The summed E-state index contributed by atoms with van der Waals surface area (Å²) in [7, 11) is 2.04. The number of nitriles is 1. The third-order valence-electron chi connectivity index (χ3n) is 2.92. The Balaban J connectivity index is 2.06. The summed E-state index contributed by atoms with van der Waals surface area (Å²) in [5, 5.41) is 9.19. The monoisotopic (exact) mass is 200 g/mol. The molecular formula is C13H16N2. The van der Waals surface area contributed by atoms with Gasteiger partial charge in [-0.05, 0) is 31.4 Å². The Labute approximate surface area is 91.1 Å². The van der Waals surface area contributed by atoms with Gasteiger partial charge in [-0.3, -0.25) is 4.90 Å². The fourth-order valence-electron chi connectivity index (χ4n) is 1.88. The van der Waals surface area contributed by atoms with E-state index in [1.165, 1.54) is 12.8 Å². The van der Waals surface area contributed by atoms with E-state index < -0.39 is 0 Å². The molecule has 0 saturated heterocycles. The van der Waals surface area contributed by atoms with Crippen LogP contribution in [0.25, 0.3) is 0 Å². The van der Waals surface area contributed by atoms with E-state index in [0.29, 0.717) is 0 Å². The van der Waals surface area contributed by atoms with Gasteiger partial charge in [0.15, 0.2) is 0 Å². The van der Waals surface area contributed by atoms with Crippen molar-refractivity contribution in [2.24, 2.45) is 5.92 Å². The lowest BCUT2D eigenvalue weighted by Crippen LogP contribution is -2.25. The molecule has 1 fully saturated rings. The van der Waals surface area contributed by atoms with E-state index in [9.17, 15) is 5.26 Å². The lowest BCUT2D eigenvalue weighted by molar-refractivity contribution is 0.279. The van der Waals surface area contributed by atoms with Crippen LogP contribution >= 0.6 is 0 Å². The van der Waals surface area contributed by atoms with Crippen molar-refractivity contribution in [3.8, 4) is 6.07 Å². The Kier molecular flexibility index (Phi) is 3.03. The van der Waals surface area contributed by atoms with Crippen molar-refractivity contribution >= 4 is 0 Å². The highest BCUT2D eigenvalue weighted by atomic mass is 15.1. The quantitative estimate of drug-likeness (QED) is 0.747. The molecule has 0 aromatic heterocycles. The van der Waals surface area contributed by atoms with Crippen molar-refractivity contribution in [3.63, 3.8) is 0 Å². The average molecular weight is 200 g/mol. The largest absolute Gasteiger partial charge is 0.287 e. The van der Waals surface area contributed by atoms with Gasteiger partial charge in [-0.1, -0.05) is 30.3 Å². The SMILES string of the molecule is CN(CC1CC1)C(C#N)c1ccccc1. The van der Waals surface area contributed by atoms with Gasteiger partial charge in [0, 0.05) is 6.54 Å². The normalized spacial score (nSPS) is 17.4. The van der Waals surface area contributed by atoms with Gasteiger partial charge in [0.1, 0.15) is 6.04 Å². The molecule has 0 N–H and O–H groups in total. The molecule has 0 amide bonds. The van der Waals surface area contributed by atoms with Gasteiger partial charge in [0.05, 0.1) is 6.07 Å². The summed E-state index contributed by atoms with van der Waals surface area (Å²) in [6.45, 7) is 1.05. The van der Waals surface area contributed by atoms with E-state index in [1.54, 1.807) is 0 Å². The maximum absolute atomic E-state index is 9.19. The average Bonchev–Trinajstić information content (AvgIpc) is 3.04. The van der Waals surface area contributed by atoms with Crippen molar-refractivity contribution in [3.05, 3.63) is 35.9 Å². The second kappa shape index (κ2) is 4.46. The van der Waals surface area contributed by atoms with E-state index in [2.05, 4.69) is 11.0 Å². The Bertz CT molecular complexity index is 349. The predicted molar refractivity (Wildman–Crippen MR) is 60.2 cm³/mol. The molecule has 78 valence electrons. The standard InChI is InChI=1S/C13H16N2/c1-15(10-11-7-8-11)13(9-14)12-5-3-2-4-6-12/h2-6,11,13H,7-8,10H2,1H3. The topological polar surface area (TPSA) is 27.0 Å². The van der Waals surface area contributed by atoms with Crippen LogP contribution in [-0.2, 0) is 0 Å². The van der Waals surface area contributed by atoms with Crippen molar-refractivity contribution < 1.29 is 0 Å². The van der Waals surface area contributed by atoms with Crippen LogP contribution in [0.2, 0.25) is 0 Å². The van der Waals surface area contributed by atoms with E-state index >= 15 is 0 Å². The van der Waals surface area contributed by atoms with Crippen LogP contribution in [0.1, 0.15) is 24.4 Å². The van der Waals surface area contributed by atoms with Gasteiger partial charge in [0.2, 0.25) is 0 Å². The molecule has 1 saturated carbocycles. The van der Waals surface area contributed by atoms with Crippen LogP contribution in [0.5, 0.6) is 0 Å². The van der Waals surface area contributed by atoms with Gasteiger partial charge in [-0.25, -0.2) is 0 Å². The molecule has 1 atom stereocenters. The summed E-state index contributed by atoms with van der Waals surface area (Å²) in [6.07, 6.45) is 2.66. The van der Waals surface area contributed by atoms with Crippen LogP contribution in [0.3, 0.4) is 0 Å². The molecule has 2 heteroatoms. The first-order valence-electron chi connectivity index (χ1n) is 5.46. The highest BCUT2D eigenvalue weighted by molar-refractivity contribution is 5.23. The Hall–Kier alpha value is -1.33. The van der Waals surface area contributed by atoms with Crippen LogP contribution in [-0.4, -0.2) is 18.5 Å². The Morgan fingerprint density at radius 2 is 2.07 bits per heavy atom. The molecule has 0 radical (unpaired) electrons. The van der Waals surface area contributed by atoms with Crippen LogP contribution < -0.4 is 0 Å². The maximum Gasteiger partial charge on any atom is 0.123 e. The van der Waals surface area contributed by atoms with E-state index in [1.807, 2.05) is 37.4 Å². The number of rotatable bonds is 4. The third kappa shape index (κ3) is 2.57. The third-order valence-corrected chi connectivity index (χ3v) is 2.92. The highest BCUT2D eigenvalue weighted by Gasteiger charge is 2.26. The van der Waals surface area contributed by atoms with Gasteiger partial charge >= 0.3 is 0 Å². The maximum atomic E-state index is 9.19. The number of benzene rings is 1. The molecule has 1 aromatic rings. The molecule has 1 unspecified atom stereocenters. The summed E-state index contributed by atoms with van der Waals surface area (Å²) in [4.78, 5) is 2.16. The number of hydrogen-bond acceptors (Lipinski definition) is 2. The Morgan fingerprint density at radius 1 is 1.40 bits per heavy atom. The van der Waals surface area contributed by atoms with Crippen molar-refractivity contribution in [1.29, 1.82) is 5.26 Å². The number of hydrogen-bond donors (Lipinski definition) is 0. The number of nitrogens with zero attached hydrogens (tertiary/aromatic N) is 2. The molecule has 1 aliphatic carbocycles. The summed E-state index contributed by atoms with van der Waals surface area (Å²) in [6, 6.07) is 12.3. The molecule has 2 nitrogen and oxygen atoms in total. The molecule has 1 aliphatic rings. The minimum absolute atomic E-state index is 0.0909. The lowest BCUT2D eigenvalue weighted by atomic mass is 10.1. The predicted octanol–water partition coefficient (Wildman–Crippen LogP) is 2.59. The van der Waals surface area contributed by atoms with E-state index in [4.69, 9.17) is 0 Å². The fourth-order valence-corrected chi connectivity index (χ4v) is 1.88. The highest BCUT2D eigenvalue weighted by Crippen LogP contribution is 2.31. The molecular weight excluding hydrogens is 184 g/mol. The lowest BCUT2D eigenvalue weighted by Gasteiger charge is -2.22. The van der Waals surface area contributed by atoms with E-state index in [-0.39, 0.29) is 6.04 Å². The first-order valence-corrected chi connectivity index (χ1v) is 5.46. The van der Waals surface area contributed by atoms with E-state index in [0.717, 1.165) is 18.0 Å². The van der Waals surface area contributed by atoms with Gasteiger partial charge in [-0.2, -0.15) is 5.26 Å². The smallest absolute Gasteiger partial charge is 0.123 e. The summed E-state index contributed by atoms with van der Waals surface area (Å²) in [5.41, 5.74) is 1.10. The molecule has 0 spiro atoms. The first kappa shape index (κ1) is 10.2. The first-order chi connectivity index (χ1) is 7.31. The molecule has 1 aromatic carbocycles. The zero-order valence-corrected chi connectivity index (χ0v) is 9.06. The zero-order valence-electron chi connectivity index (χ0n) is 9.06. The summed E-state index contributed by atoms with van der Waals surface area (Å²) in [5.74, 6) is 0.828. The molecule has 0 heterocycles. The van der Waals surface area contributed by atoms with Crippen LogP contribution in [0.15, 0.2) is 30.3 Å². The molecule has 2 rings (SSSR count). The van der Waals surface area contributed by atoms with Crippen molar-refractivity contribution in [1.82, 2.24) is 4.90 Å². The molecule has 0 bridgehead atoms. The Morgan fingerprint density at radius 3 is 2.60 bits per heavy atom. The fraction of sp³-hybridized carbons (Fsp3) is 0.462. The summed E-state index contributed by atoms with van der Waals surface area (Å²) < 4.78 is 0. The second-order valence-electron chi connectivity index (χ2n) is 4.33. The van der Waals surface area contributed by atoms with Gasteiger partial charge in [0.25, 0.3) is 0 Å². The minimum atomic E-state index is -0.0909. The zero-order chi connectivity index (χ0) is 10.7. The van der Waals surface area contributed by atoms with Gasteiger partial charge in [-0.15, -0.1) is 0 Å². The molecule has 0 aliphatic heterocycles. The van der Waals surface area contributed by atoms with Crippen molar-refractivity contribution in [2.45, 2.75) is 18.9 Å². The van der Waals surface area contributed by atoms with Crippen molar-refractivity contribution in [2.75, 3.05) is 13.6 Å². The molecule has 15 heavy (non-hydrogen) atoms. The van der Waals surface area contributed by atoms with Crippen LogP contribution in [0, 0.1) is 17.2 Å². The van der Waals surface area contributed by atoms with Gasteiger partial charge < -0.3 is 0 Å².